The summed E-state index contributed by atoms with van der Waals surface area (Å²) in [7, 11) is -4.25. The van der Waals surface area contributed by atoms with Gasteiger partial charge in [-0.15, -0.1) is 0 Å². The molecule has 0 aromatic heterocycles. The Morgan fingerprint density at radius 2 is 1.12 bits per heavy atom. The first-order valence-electron chi connectivity index (χ1n) is 13.6. The molecule has 9 heteroatoms. The third-order valence-electron chi connectivity index (χ3n) is 7.85. The van der Waals surface area contributed by atoms with Crippen molar-refractivity contribution in [3.8, 4) is 0 Å². The monoisotopic (exact) mass is 557 g/mol. The second-order valence-electron chi connectivity index (χ2n) is 10.1. The number of ketones is 2. The Balaban J connectivity index is 1.32. The summed E-state index contributed by atoms with van der Waals surface area (Å²) in [6.45, 7) is 2.79. The number of benzene rings is 3. The quantitative estimate of drug-likeness (QED) is 0.460. The molecule has 2 fully saturated rings. The van der Waals surface area contributed by atoms with Gasteiger partial charge in [-0.25, -0.2) is 8.42 Å². The fourth-order valence-corrected chi connectivity index (χ4v) is 7.58. The summed E-state index contributed by atoms with van der Waals surface area (Å²) in [6.07, 6.45) is 0. The number of fused-ring (bicyclic) bond motifs is 1. The van der Waals surface area contributed by atoms with Crippen molar-refractivity contribution in [2.45, 2.75) is 6.04 Å². The van der Waals surface area contributed by atoms with Crippen molar-refractivity contribution >= 4 is 21.6 Å². The molecule has 0 saturated carbocycles. The fraction of sp³-hybridized carbons (Fsp3) is 0.290. The molecule has 0 unspecified atom stereocenters. The zero-order valence-electron chi connectivity index (χ0n) is 22.1. The van der Waals surface area contributed by atoms with Crippen molar-refractivity contribution < 1.29 is 22.7 Å². The van der Waals surface area contributed by atoms with Crippen LogP contribution in [0.2, 0.25) is 0 Å². The van der Waals surface area contributed by atoms with Gasteiger partial charge in [-0.05, 0) is 11.1 Å². The number of hydrogen-bond donors (Lipinski definition) is 0. The van der Waals surface area contributed by atoms with Crippen molar-refractivity contribution in [1.29, 1.82) is 0 Å². The van der Waals surface area contributed by atoms with Crippen LogP contribution in [0.5, 0.6) is 0 Å². The lowest BCUT2D eigenvalue weighted by Gasteiger charge is -2.40. The lowest BCUT2D eigenvalue weighted by atomic mass is 9.91. The van der Waals surface area contributed by atoms with Crippen LogP contribution in [-0.4, -0.2) is 86.6 Å². The molecule has 0 N–H and O–H groups in total. The van der Waals surface area contributed by atoms with Gasteiger partial charge in [0, 0.05) is 50.4 Å². The van der Waals surface area contributed by atoms with Crippen molar-refractivity contribution in [3.05, 3.63) is 118 Å². The SMILES string of the molecule is O=C1C(N2CCOCC2)=C(S(=O)(=O)N2CCN(C(c3ccccc3)c3ccccc3)CC2)C(=O)c2ccccc21. The van der Waals surface area contributed by atoms with E-state index in [1.54, 1.807) is 23.1 Å². The van der Waals surface area contributed by atoms with Crippen molar-refractivity contribution in [3.63, 3.8) is 0 Å². The van der Waals surface area contributed by atoms with Gasteiger partial charge in [-0.1, -0.05) is 84.9 Å². The third-order valence-corrected chi connectivity index (χ3v) is 9.79. The summed E-state index contributed by atoms with van der Waals surface area (Å²) in [4.78, 5) is 31.0. The van der Waals surface area contributed by atoms with Gasteiger partial charge < -0.3 is 9.64 Å². The maximum absolute atomic E-state index is 14.2. The van der Waals surface area contributed by atoms with Crippen molar-refractivity contribution in [1.82, 2.24) is 14.1 Å². The summed E-state index contributed by atoms with van der Waals surface area (Å²) in [5, 5.41) is 0. The van der Waals surface area contributed by atoms with E-state index < -0.39 is 26.5 Å². The molecule has 40 heavy (non-hydrogen) atoms. The summed E-state index contributed by atoms with van der Waals surface area (Å²) < 4.78 is 35.2. The van der Waals surface area contributed by atoms with Gasteiger partial charge >= 0.3 is 0 Å². The molecule has 2 heterocycles. The third kappa shape index (κ3) is 4.79. The Bertz CT molecular complexity index is 1500. The number of carbonyl (C=O) groups is 2. The molecule has 0 atom stereocenters. The number of hydrogen-bond acceptors (Lipinski definition) is 7. The first kappa shape index (κ1) is 26.6. The van der Waals surface area contributed by atoms with E-state index in [2.05, 4.69) is 29.2 Å². The van der Waals surface area contributed by atoms with E-state index in [0.29, 0.717) is 39.4 Å². The van der Waals surface area contributed by atoms with E-state index in [4.69, 9.17) is 4.74 Å². The average Bonchev–Trinajstić information content (AvgIpc) is 3.01. The largest absolute Gasteiger partial charge is 0.378 e. The smallest absolute Gasteiger partial charge is 0.249 e. The van der Waals surface area contributed by atoms with E-state index in [-0.39, 0.29) is 36.0 Å². The Kier molecular flexibility index (Phi) is 7.37. The number of piperazine rings is 1. The minimum absolute atomic E-state index is 0.0270. The molecular weight excluding hydrogens is 526 g/mol. The van der Waals surface area contributed by atoms with Crippen LogP contribution in [-0.2, 0) is 14.8 Å². The average molecular weight is 558 g/mol. The molecule has 3 aromatic carbocycles. The molecule has 2 saturated heterocycles. The molecular formula is C31H31N3O5S. The summed E-state index contributed by atoms with van der Waals surface area (Å²) >= 11 is 0. The lowest BCUT2D eigenvalue weighted by molar-refractivity contribution is 0.0498. The first-order valence-corrected chi connectivity index (χ1v) is 15.0. The lowest BCUT2D eigenvalue weighted by Crippen LogP contribution is -2.51. The van der Waals surface area contributed by atoms with E-state index >= 15 is 0 Å². The summed E-state index contributed by atoms with van der Waals surface area (Å²) in [5.41, 5.74) is 2.61. The summed E-state index contributed by atoms with van der Waals surface area (Å²) in [6, 6.07) is 26.8. The minimum atomic E-state index is -4.25. The Hall–Kier alpha value is -3.63. The predicted octanol–water partition coefficient (Wildman–Crippen LogP) is 3.35. The van der Waals surface area contributed by atoms with Crippen LogP contribution in [0.3, 0.4) is 0 Å². The zero-order chi connectivity index (χ0) is 27.7. The Labute approximate surface area is 234 Å². The number of carbonyl (C=O) groups excluding carboxylic acids is 2. The number of Topliss-reactive ketones (excluding diaryl/α,β-unsaturated/α-hetero) is 2. The highest BCUT2D eigenvalue weighted by molar-refractivity contribution is 7.94. The standard InChI is InChI=1S/C31H31N3O5S/c35-29-25-13-7-8-14-26(25)30(36)31(28(29)33-19-21-39-22-20-33)40(37,38)34-17-15-32(16-18-34)27(23-9-3-1-4-10-23)24-11-5-2-6-12-24/h1-14,27H,15-22H2. The van der Waals surface area contributed by atoms with Gasteiger partial charge in [0.2, 0.25) is 21.6 Å². The highest BCUT2D eigenvalue weighted by Gasteiger charge is 2.44. The molecule has 2 aliphatic heterocycles. The van der Waals surface area contributed by atoms with Gasteiger partial charge in [0.1, 0.15) is 5.70 Å². The van der Waals surface area contributed by atoms with E-state index in [1.165, 1.54) is 10.4 Å². The van der Waals surface area contributed by atoms with E-state index in [1.807, 2.05) is 36.4 Å². The van der Waals surface area contributed by atoms with Gasteiger partial charge in [-0.3, -0.25) is 14.5 Å². The molecule has 206 valence electrons. The van der Waals surface area contributed by atoms with Crippen LogP contribution in [0.25, 0.3) is 0 Å². The van der Waals surface area contributed by atoms with Gasteiger partial charge in [0.05, 0.1) is 19.3 Å². The minimum Gasteiger partial charge on any atom is -0.378 e. The van der Waals surface area contributed by atoms with Gasteiger partial charge in [-0.2, -0.15) is 4.31 Å². The van der Waals surface area contributed by atoms with Crippen molar-refractivity contribution in [2.24, 2.45) is 0 Å². The number of nitrogens with zero attached hydrogens (tertiary/aromatic N) is 3. The maximum Gasteiger partial charge on any atom is 0.249 e. The Morgan fingerprint density at radius 3 is 1.68 bits per heavy atom. The molecule has 0 amide bonds. The molecule has 1 aliphatic carbocycles. The molecule has 3 aromatic rings. The van der Waals surface area contributed by atoms with Crippen LogP contribution in [0.4, 0.5) is 0 Å². The van der Waals surface area contributed by atoms with Crippen LogP contribution >= 0.6 is 0 Å². The molecule has 0 spiro atoms. The highest BCUT2D eigenvalue weighted by atomic mass is 32.2. The van der Waals surface area contributed by atoms with Crippen LogP contribution < -0.4 is 0 Å². The number of morpholine rings is 1. The number of rotatable bonds is 6. The fourth-order valence-electron chi connectivity index (χ4n) is 5.87. The van der Waals surface area contributed by atoms with Gasteiger partial charge in [0.15, 0.2) is 4.91 Å². The van der Waals surface area contributed by atoms with Crippen LogP contribution in [0, 0.1) is 0 Å². The molecule has 3 aliphatic rings. The van der Waals surface area contributed by atoms with Crippen LogP contribution in [0.1, 0.15) is 37.9 Å². The van der Waals surface area contributed by atoms with E-state index in [9.17, 15) is 18.0 Å². The van der Waals surface area contributed by atoms with Crippen LogP contribution in [0.15, 0.2) is 95.5 Å². The maximum atomic E-state index is 14.2. The molecule has 8 nitrogen and oxygen atoms in total. The predicted molar refractivity (Wildman–Crippen MR) is 151 cm³/mol. The topological polar surface area (TPSA) is 87.2 Å². The molecule has 0 radical (unpaired) electrons. The normalized spacial score (nSPS) is 19.3. The molecule has 6 rings (SSSR count). The second-order valence-corrected chi connectivity index (χ2v) is 12.0. The van der Waals surface area contributed by atoms with E-state index in [0.717, 1.165) is 11.1 Å². The number of ether oxygens (including phenoxy) is 1. The van der Waals surface area contributed by atoms with Crippen molar-refractivity contribution in [2.75, 3.05) is 52.5 Å². The van der Waals surface area contributed by atoms with Gasteiger partial charge in [0.25, 0.3) is 0 Å². The number of allylic oxidation sites excluding steroid dienone is 2. The first-order chi connectivity index (χ1) is 19.5. The zero-order valence-corrected chi connectivity index (χ0v) is 22.9. The summed E-state index contributed by atoms with van der Waals surface area (Å²) in [5.74, 6) is -1.05. The second kappa shape index (κ2) is 11.1. The highest BCUT2D eigenvalue weighted by Crippen LogP contribution is 2.35. The molecule has 0 bridgehead atoms. The number of sulfonamides is 1. The Morgan fingerprint density at radius 1 is 0.625 bits per heavy atom.